The summed E-state index contributed by atoms with van der Waals surface area (Å²) in [5, 5.41) is 2.56. The largest absolute Gasteiger partial charge is 0.436 e. The molecule has 2 rings (SSSR count). The molecule has 7 nitrogen and oxygen atoms in total. The predicted molar refractivity (Wildman–Crippen MR) is 82.6 cm³/mol. The summed E-state index contributed by atoms with van der Waals surface area (Å²) < 4.78 is 66.0. The number of nitrogens with zero attached hydrogens (tertiary/aromatic N) is 1. The summed E-state index contributed by atoms with van der Waals surface area (Å²) in [5.74, 6) is -1.42. The maximum absolute atomic E-state index is 12.4. The minimum atomic E-state index is -4.60. The topological polar surface area (TPSA) is 101 Å². The van der Waals surface area contributed by atoms with E-state index in [1.165, 1.54) is 31.2 Å². The number of halogens is 3. The van der Waals surface area contributed by atoms with E-state index in [2.05, 4.69) is 10.3 Å². The molecule has 0 spiro atoms. The van der Waals surface area contributed by atoms with E-state index in [-0.39, 0.29) is 6.01 Å². The zero-order valence-electron chi connectivity index (χ0n) is 13.1. The molecule has 1 atom stereocenters. The van der Waals surface area contributed by atoms with Crippen LogP contribution in [0.3, 0.4) is 0 Å². The van der Waals surface area contributed by atoms with Crippen molar-refractivity contribution in [2.75, 3.05) is 11.6 Å². The number of sulfonamides is 1. The standard InChI is InChI=1S/C14H14F3N3O4S/c1-8(12(21)20-25(2,22)23)9-3-5-10(6-4-9)18-13-19-11(7-24-13)14(15,16)17/h3-8H,1-2H3,(H,18,19)(H,20,21)/t8-/m0/s1. The number of hydrogen-bond donors (Lipinski definition) is 2. The summed E-state index contributed by atoms with van der Waals surface area (Å²) in [5.41, 5.74) is -0.247. The van der Waals surface area contributed by atoms with Crippen LogP contribution in [-0.4, -0.2) is 25.6 Å². The van der Waals surface area contributed by atoms with Crippen LogP contribution >= 0.6 is 0 Å². The van der Waals surface area contributed by atoms with Crippen LogP contribution in [-0.2, 0) is 21.0 Å². The number of rotatable bonds is 5. The molecule has 11 heteroatoms. The van der Waals surface area contributed by atoms with Gasteiger partial charge in [0.2, 0.25) is 15.9 Å². The Morgan fingerprint density at radius 2 is 1.84 bits per heavy atom. The van der Waals surface area contributed by atoms with Gasteiger partial charge in [-0.05, 0) is 24.6 Å². The highest BCUT2D eigenvalue weighted by Crippen LogP contribution is 2.30. The lowest BCUT2D eigenvalue weighted by molar-refractivity contribution is -0.141. The lowest BCUT2D eigenvalue weighted by atomic mass is 10.0. The van der Waals surface area contributed by atoms with Crippen LogP contribution in [0, 0.1) is 0 Å². The Labute approximate surface area is 141 Å². The average molecular weight is 377 g/mol. The first-order chi connectivity index (χ1) is 11.5. The number of nitrogens with one attached hydrogen (secondary N) is 2. The molecule has 0 saturated carbocycles. The molecule has 0 radical (unpaired) electrons. The predicted octanol–water partition coefficient (Wildman–Crippen LogP) is 2.62. The summed E-state index contributed by atoms with van der Waals surface area (Å²) in [6.45, 7) is 1.52. The summed E-state index contributed by atoms with van der Waals surface area (Å²) in [6, 6.07) is 5.72. The molecule has 0 aliphatic heterocycles. The molecule has 1 aromatic heterocycles. The van der Waals surface area contributed by atoms with Gasteiger partial charge in [-0.2, -0.15) is 18.2 Å². The molecule has 136 valence electrons. The van der Waals surface area contributed by atoms with E-state index in [1.54, 1.807) is 0 Å². The normalized spacial score (nSPS) is 13.3. The molecule has 1 amide bonds. The fourth-order valence-electron chi connectivity index (χ4n) is 1.86. The number of hydrogen-bond acceptors (Lipinski definition) is 6. The Balaban J connectivity index is 2.07. The van der Waals surface area contributed by atoms with Gasteiger partial charge in [-0.1, -0.05) is 12.1 Å². The highest BCUT2D eigenvalue weighted by atomic mass is 32.2. The van der Waals surface area contributed by atoms with Gasteiger partial charge in [0.15, 0.2) is 5.69 Å². The number of anilines is 2. The van der Waals surface area contributed by atoms with Crippen LogP contribution in [0.2, 0.25) is 0 Å². The number of benzene rings is 1. The Morgan fingerprint density at radius 1 is 1.24 bits per heavy atom. The molecule has 0 aliphatic carbocycles. The van der Waals surface area contributed by atoms with Gasteiger partial charge in [-0.15, -0.1) is 0 Å². The van der Waals surface area contributed by atoms with Gasteiger partial charge in [-0.3, -0.25) is 9.52 Å². The second-order valence-corrected chi connectivity index (χ2v) is 6.99. The second kappa shape index (κ2) is 6.75. The molecule has 0 aliphatic rings. The maximum Gasteiger partial charge on any atom is 0.436 e. The third kappa shape index (κ3) is 5.21. The molecular weight excluding hydrogens is 363 g/mol. The van der Waals surface area contributed by atoms with Gasteiger partial charge in [0.05, 0.1) is 12.2 Å². The Bertz CT molecular complexity index is 860. The molecule has 1 aromatic carbocycles. The fourth-order valence-corrected chi connectivity index (χ4v) is 2.40. The van der Waals surface area contributed by atoms with Gasteiger partial charge < -0.3 is 9.73 Å². The first-order valence-electron chi connectivity index (χ1n) is 6.87. The van der Waals surface area contributed by atoms with E-state index in [4.69, 9.17) is 4.42 Å². The molecule has 0 saturated heterocycles. The third-order valence-corrected chi connectivity index (χ3v) is 3.71. The first kappa shape index (κ1) is 18.8. The van der Waals surface area contributed by atoms with Crippen molar-refractivity contribution in [3.8, 4) is 0 Å². The Kier molecular flexibility index (Phi) is 5.07. The molecule has 0 bridgehead atoms. The molecular formula is C14H14F3N3O4S. The number of oxazole rings is 1. The Hall–Kier alpha value is -2.56. The summed E-state index contributed by atoms with van der Waals surface area (Å²) in [7, 11) is -3.66. The van der Waals surface area contributed by atoms with Crippen molar-refractivity contribution < 1.29 is 30.8 Å². The van der Waals surface area contributed by atoms with Gasteiger partial charge in [0, 0.05) is 5.69 Å². The average Bonchev–Trinajstić information content (AvgIpc) is 2.94. The fraction of sp³-hybridized carbons (Fsp3) is 0.286. The Morgan fingerprint density at radius 3 is 2.32 bits per heavy atom. The SMILES string of the molecule is C[C@H](C(=O)NS(C)(=O)=O)c1ccc(Nc2nc(C(F)(F)F)co2)cc1. The lowest BCUT2D eigenvalue weighted by Crippen LogP contribution is -2.32. The van der Waals surface area contributed by atoms with E-state index in [1.807, 2.05) is 4.72 Å². The van der Waals surface area contributed by atoms with E-state index >= 15 is 0 Å². The van der Waals surface area contributed by atoms with Gasteiger partial charge in [0.1, 0.15) is 6.26 Å². The van der Waals surface area contributed by atoms with Crippen molar-refractivity contribution in [3.63, 3.8) is 0 Å². The number of carbonyl (C=O) groups is 1. The van der Waals surface area contributed by atoms with Gasteiger partial charge >= 0.3 is 6.18 Å². The van der Waals surface area contributed by atoms with E-state index in [0.29, 0.717) is 17.5 Å². The summed E-state index contributed by atoms with van der Waals surface area (Å²) >= 11 is 0. The van der Waals surface area contributed by atoms with Gasteiger partial charge in [-0.25, -0.2) is 8.42 Å². The third-order valence-electron chi connectivity index (χ3n) is 3.14. The van der Waals surface area contributed by atoms with Crippen LogP contribution in [0.25, 0.3) is 0 Å². The molecule has 2 N–H and O–H groups in total. The van der Waals surface area contributed by atoms with Crippen LogP contribution in [0.1, 0.15) is 24.1 Å². The number of alkyl halides is 3. The van der Waals surface area contributed by atoms with Crippen LogP contribution in [0.15, 0.2) is 34.9 Å². The van der Waals surface area contributed by atoms with Crippen molar-refractivity contribution in [1.82, 2.24) is 9.71 Å². The smallest absolute Gasteiger partial charge is 0.431 e. The maximum atomic E-state index is 12.4. The van der Waals surface area contributed by atoms with E-state index < -0.39 is 33.7 Å². The van der Waals surface area contributed by atoms with Crippen molar-refractivity contribution in [2.45, 2.75) is 19.0 Å². The first-order valence-corrected chi connectivity index (χ1v) is 8.76. The summed E-state index contributed by atoms with van der Waals surface area (Å²) in [4.78, 5) is 15.1. The van der Waals surface area contributed by atoms with Crippen molar-refractivity contribution in [2.24, 2.45) is 0 Å². The van der Waals surface area contributed by atoms with Crippen LogP contribution < -0.4 is 10.0 Å². The van der Waals surface area contributed by atoms with E-state index in [9.17, 15) is 26.4 Å². The second-order valence-electron chi connectivity index (χ2n) is 5.24. The van der Waals surface area contributed by atoms with Crippen molar-refractivity contribution in [3.05, 3.63) is 41.8 Å². The van der Waals surface area contributed by atoms with Crippen LogP contribution in [0.4, 0.5) is 24.9 Å². The van der Waals surface area contributed by atoms with Crippen molar-refractivity contribution in [1.29, 1.82) is 0 Å². The highest BCUT2D eigenvalue weighted by Gasteiger charge is 2.34. The number of aromatic nitrogens is 1. The molecule has 1 heterocycles. The van der Waals surface area contributed by atoms with Crippen molar-refractivity contribution >= 4 is 27.6 Å². The zero-order chi connectivity index (χ0) is 18.8. The number of carbonyl (C=O) groups excluding carboxylic acids is 1. The highest BCUT2D eigenvalue weighted by molar-refractivity contribution is 7.89. The van der Waals surface area contributed by atoms with Crippen LogP contribution in [0.5, 0.6) is 0 Å². The monoisotopic (exact) mass is 377 g/mol. The number of amides is 1. The quantitative estimate of drug-likeness (QED) is 0.831. The minimum Gasteiger partial charge on any atom is -0.431 e. The molecule has 0 unspecified atom stereocenters. The van der Waals surface area contributed by atoms with Gasteiger partial charge in [0.25, 0.3) is 6.01 Å². The lowest BCUT2D eigenvalue weighted by Gasteiger charge is -2.12. The van der Waals surface area contributed by atoms with E-state index in [0.717, 1.165) is 6.26 Å². The summed E-state index contributed by atoms with van der Waals surface area (Å²) in [6.07, 6.45) is -3.24. The molecule has 2 aromatic rings. The zero-order valence-corrected chi connectivity index (χ0v) is 13.9. The molecule has 0 fully saturated rings. The molecule has 25 heavy (non-hydrogen) atoms. The minimum absolute atomic E-state index is 0.331.